The molecule has 1 rings (SSSR count). The summed E-state index contributed by atoms with van der Waals surface area (Å²) in [4.78, 5) is 11.6. The van der Waals surface area contributed by atoms with Crippen LogP contribution in [0.25, 0.3) is 0 Å². The van der Waals surface area contributed by atoms with Crippen LogP contribution in [0.1, 0.15) is 60.3 Å². The maximum absolute atomic E-state index is 11.6. The van der Waals surface area contributed by atoms with Crippen LogP contribution in [-0.2, 0) is 9.53 Å². The van der Waals surface area contributed by atoms with Crippen molar-refractivity contribution in [3.05, 3.63) is 11.6 Å². The summed E-state index contributed by atoms with van der Waals surface area (Å²) < 4.78 is 5.29. The Labute approximate surface area is 99.1 Å². The van der Waals surface area contributed by atoms with E-state index in [9.17, 15) is 4.79 Å². The van der Waals surface area contributed by atoms with Crippen molar-refractivity contribution in [3.8, 4) is 0 Å². The number of allylic oxidation sites excluding steroid dienone is 1. The van der Waals surface area contributed by atoms with E-state index in [-0.39, 0.29) is 5.97 Å². The molecule has 1 aliphatic rings. The van der Waals surface area contributed by atoms with Crippen molar-refractivity contribution >= 4 is 5.97 Å². The van der Waals surface area contributed by atoms with Crippen LogP contribution < -0.4 is 0 Å². The predicted octanol–water partition coefficient (Wildman–Crippen LogP) is 3.85. The van der Waals surface area contributed by atoms with Gasteiger partial charge in [-0.2, -0.15) is 0 Å². The molecule has 0 aromatic carbocycles. The second-order valence-electron chi connectivity index (χ2n) is 6.53. The molecule has 1 fully saturated rings. The molecule has 0 saturated heterocycles. The van der Waals surface area contributed by atoms with E-state index < -0.39 is 5.60 Å². The number of esters is 1. The third-order valence-corrected chi connectivity index (χ3v) is 2.79. The minimum atomic E-state index is -0.391. The van der Waals surface area contributed by atoms with Crippen molar-refractivity contribution < 1.29 is 9.53 Å². The fourth-order valence-electron chi connectivity index (χ4n) is 2.21. The van der Waals surface area contributed by atoms with Crippen LogP contribution in [-0.4, -0.2) is 11.6 Å². The highest BCUT2D eigenvalue weighted by Gasteiger charge is 2.25. The monoisotopic (exact) mass is 224 g/mol. The van der Waals surface area contributed by atoms with Gasteiger partial charge in [0.15, 0.2) is 0 Å². The molecule has 0 radical (unpaired) electrons. The highest BCUT2D eigenvalue weighted by Crippen LogP contribution is 2.38. The highest BCUT2D eigenvalue weighted by molar-refractivity contribution is 5.83. The van der Waals surface area contributed by atoms with Crippen molar-refractivity contribution in [3.63, 3.8) is 0 Å². The zero-order valence-corrected chi connectivity index (χ0v) is 11.2. The number of hydrogen-bond donors (Lipinski definition) is 0. The molecule has 0 aliphatic heterocycles. The molecule has 0 spiro atoms. The number of carbonyl (C=O) groups excluding carboxylic acids is 1. The Hall–Kier alpha value is -0.790. The third kappa shape index (κ3) is 4.82. The van der Waals surface area contributed by atoms with Crippen LogP contribution in [0.4, 0.5) is 0 Å². The standard InChI is InChI=1S/C14H24O2/c1-13(2,3)16-12(15)9-11-7-6-8-14(4,5)10-11/h9H,6-8,10H2,1-5H3/b11-9-. The van der Waals surface area contributed by atoms with E-state index in [1.807, 2.05) is 20.8 Å². The molecular weight excluding hydrogens is 200 g/mol. The van der Waals surface area contributed by atoms with Crippen LogP contribution in [0.5, 0.6) is 0 Å². The summed E-state index contributed by atoms with van der Waals surface area (Å²) in [7, 11) is 0. The van der Waals surface area contributed by atoms with Gasteiger partial charge in [0.05, 0.1) is 0 Å². The van der Waals surface area contributed by atoms with Gasteiger partial charge < -0.3 is 4.74 Å². The Morgan fingerprint density at radius 1 is 1.38 bits per heavy atom. The Bertz CT molecular complexity index is 292. The van der Waals surface area contributed by atoms with Crippen LogP contribution in [0.3, 0.4) is 0 Å². The number of rotatable bonds is 1. The van der Waals surface area contributed by atoms with Gasteiger partial charge in [0.2, 0.25) is 0 Å². The summed E-state index contributed by atoms with van der Waals surface area (Å²) in [6.07, 6.45) is 6.20. The highest BCUT2D eigenvalue weighted by atomic mass is 16.6. The summed E-state index contributed by atoms with van der Waals surface area (Å²) in [5, 5.41) is 0. The lowest BCUT2D eigenvalue weighted by Gasteiger charge is -2.31. The number of ether oxygens (including phenoxy) is 1. The maximum atomic E-state index is 11.6. The second-order valence-corrected chi connectivity index (χ2v) is 6.53. The minimum Gasteiger partial charge on any atom is -0.457 e. The van der Waals surface area contributed by atoms with E-state index in [1.165, 1.54) is 18.4 Å². The van der Waals surface area contributed by atoms with E-state index in [4.69, 9.17) is 4.74 Å². The van der Waals surface area contributed by atoms with Gasteiger partial charge in [-0.25, -0.2) is 4.79 Å². The molecule has 0 bridgehead atoms. The van der Waals surface area contributed by atoms with Crippen LogP contribution in [0.15, 0.2) is 11.6 Å². The molecule has 92 valence electrons. The van der Waals surface area contributed by atoms with Crippen LogP contribution >= 0.6 is 0 Å². The van der Waals surface area contributed by atoms with Gasteiger partial charge in [0.1, 0.15) is 5.60 Å². The zero-order valence-electron chi connectivity index (χ0n) is 11.2. The Kier molecular flexibility index (Phi) is 3.82. The zero-order chi connectivity index (χ0) is 12.4. The molecule has 1 saturated carbocycles. The van der Waals surface area contributed by atoms with Crippen molar-refractivity contribution in [2.24, 2.45) is 5.41 Å². The molecule has 0 heterocycles. The summed E-state index contributed by atoms with van der Waals surface area (Å²) in [6.45, 7) is 10.2. The van der Waals surface area contributed by atoms with Crippen molar-refractivity contribution in [1.29, 1.82) is 0 Å². The topological polar surface area (TPSA) is 26.3 Å². The van der Waals surface area contributed by atoms with E-state index in [0.29, 0.717) is 5.41 Å². The summed E-state index contributed by atoms with van der Waals surface area (Å²) in [5.74, 6) is -0.194. The van der Waals surface area contributed by atoms with Gasteiger partial charge in [-0.1, -0.05) is 19.4 Å². The number of hydrogen-bond acceptors (Lipinski definition) is 2. The molecule has 0 amide bonds. The lowest BCUT2D eigenvalue weighted by atomic mass is 9.75. The summed E-state index contributed by atoms with van der Waals surface area (Å²) in [5.41, 5.74) is 1.19. The van der Waals surface area contributed by atoms with E-state index >= 15 is 0 Å². The Balaban J connectivity index is 2.60. The van der Waals surface area contributed by atoms with Gasteiger partial charge in [-0.3, -0.25) is 0 Å². The first kappa shape index (κ1) is 13.3. The van der Waals surface area contributed by atoms with E-state index in [2.05, 4.69) is 13.8 Å². The minimum absolute atomic E-state index is 0.194. The Morgan fingerprint density at radius 2 is 2.00 bits per heavy atom. The number of carbonyl (C=O) groups is 1. The maximum Gasteiger partial charge on any atom is 0.331 e. The first-order valence-electron chi connectivity index (χ1n) is 6.10. The fraction of sp³-hybridized carbons (Fsp3) is 0.786. The van der Waals surface area contributed by atoms with Gasteiger partial charge in [-0.15, -0.1) is 0 Å². The molecule has 0 N–H and O–H groups in total. The summed E-state index contributed by atoms with van der Waals surface area (Å²) in [6, 6.07) is 0. The van der Waals surface area contributed by atoms with Gasteiger partial charge in [0, 0.05) is 6.08 Å². The SMILES string of the molecule is CC1(C)CCC/C(=C/C(=O)OC(C)(C)C)C1. The molecule has 0 unspecified atom stereocenters. The first-order chi connectivity index (χ1) is 7.18. The summed E-state index contributed by atoms with van der Waals surface area (Å²) >= 11 is 0. The van der Waals surface area contributed by atoms with Crippen molar-refractivity contribution in [2.45, 2.75) is 65.9 Å². The molecule has 2 heteroatoms. The van der Waals surface area contributed by atoms with Crippen LogP contribution in [0.2, 0.25) is 0 Å². The molecular formula is C14H24O2. The molecule has 1 aliphatic carbocycles. The third-order valence-electron chi connectivity index (χ3n) is 2.79. The first-order valence-corrected chi connectivity index (χ1v) is 6.10. The fourth-order valence-corrected chi connectivity index (χ4v) is 2.21. The normalized spacial score (nSPS) is 23.2. The Morgan fingerprint density at radius 3 is 2.50 bits per heavy atom. The average Bonchev–Trinajstić information content (AvgIpc) is 1.96. The lowest BCUT2D eigenvalue weighted by Crippen LogP contribution is -2.23. The van der Waals surface area contributed by atoms with E-state index in [0.717, 1.165) is 12.8 Å². The van der Waals surface area contributed by atoms with Gasteiger partial charge in [-0.05, 0) is 51.9 Å². The molecule has 2 nitrogen and oxygen atoms in total. The van der Waals surface area contributed by atoms with Gasteiger partial charge in [0.25, 0.3) is 0 Å². The molecule has 16 heavy (non-hydrogen) atoms. The van der Waals surface area contributed by atoms with Gasteiger partial charge >= 0.3 is 5.97 Å². The second kappa shape index (κ2) is 4.60. The predicted molar refractivity (Wildman–Crippen MR) is 66.2 cm³/mol. The van der Waals surface area contributed by atoms with Crippen molar-refractivity contribution in [2.75, 3.05) is 0 Å². The smallest absolute Gasteiger partial charge is 0.331 e. The lowest BCUT2D eigenvalue weighted by molar-refractivity contribution is -0.148. The van der Waals surface area contributed by atoms with Crippen molar-refractivity contribution in [1.82, 2.24) is 0 Å². The van der Waals surface area contributed by atoms with Crippen LogP contribution in [0, 0.1) is 5.41 Å². The molecule has 0 aromatic heterocycles. The van der Waals surface area contributed by atoms with E-state index in [1.54, 1.807) is 6.08 Å². The molecule has 0 atom stereocenters. The average molecular weight is 224 g/mol. The quantitative estimate of drug-likeness (QED) is 0.499. The largest absolute Gasteiger partial charge is 0.457 e. The molecule has 0 aromatic rings.